The van der Waals surface area contributed by atoms with Gasteiger partial charge in [-0.1, -0.05) is 11.6 Å². The van der Waals surface area contributed by atoms with Crippen molar-refractivity contribution in [3.63, 3.8) is 0 Å². The first-order valence-corrected chi connectivity index (χ1v) is 5.86. The molecule has 2 aromatic rings. The molecule has 4 nitrogen and oxygen atoms in total. The standard InChI is InChI=1S/C15H14N2O2/c1-9-4-5-14(19-3)11(6-9)13-7-10(2)12(8-16)15(18)17-13/h4-7H,1-3H3,(H,17,18). The molecule has 2 rings (SSSR count). The molecule has 96 valence electrons. The van der Waals surface area contributed by atoms with Gasteiger partial charge >= 0.3 is 0 Å². The van der Waals surface area contributed by atoms with Crippen LogP contribution in [0.4, 0.5) is 0 Å². The summed E-state index contributed by atoms with van der Waals surface area (Å²) >= 11 is 0. The summed E-state index contributed by atoms with van der Waals surface area (Å²) in [4.78, 5) is 14.6. The molecular weight excluding hydrogens is 240 g/mol. The summed E-state index contributed by atoms with van der Waals surface area (Å²) in [5.41, 5.74) is 2.97. The van der Waals surface area contributed by atoms with E-state index in [-0.39, 0.29) is 11.1 Å². The van der Waals surface area contributed by atoms with Crippen molar-refractivity contribution in [2.75, 3.05) is 7.11 Å². The second kappa shape index (κ2) is 4.99. The Morgan fingerprint density at radius 2 is 2.00 bits per heavy atom. The maximum atomic E-state index is 11.8. The fourth-order valence-electron chi connectivity index (χ4n) is 2.00. The summed E-state index contributed by atoms with van der Waals surface area (Å²) in [5, 5.41) is 8.91. The molecule has 0 aliphatic carbocycles. The van der Waals surface area contributed by atoms with Crippen molar-refractivity contribution >= 4 is 0 Å². The van der Waals surface area contributed by atoms with Crippen LogP contribution in [-0.2, 0) is 0 Å². The number of ether oxygens (including phenoxy) is 1. The molecule has 0 bridgehead atoms. The van der Waals surface area contributed by atoms with E-state index in [4.69, 9.17) is 10.00 Å². The van der Waals surface area contributed by atoms with Gasteiger partial charge < -0.3 is 9.72 Å². The second-order valence-electron chi connectivity index (χ2n) is 4.39. The van der Waals surface area contributed by atoms with Crippen molar-refractivity contribution in [2.24, 2.45) is 0 Å². The average Bonchev–Trinajstić information content (AvgIpc) is 2.38. The fraction of sp³-hybridized carbons (Fsp3) is 0.200. The molecule has 0 saturated heterocycles. The predicted molar refractivity (Wildman–Crippen MR) is 73.2 cm³/mol. The van der Waals surface area contributed by atoms with Crippen molar-refractivity contribution in [2.45, 2.75) is 13.8 Å². The first-order chi connectivity index (χ1) is 9.06. The first kappa shape index (κ1) is 12.9. The minimum atomic E-state index is -0.374. The van der Waals surface area contributed by atoms with E-state index in [0.717, 1.165) is 11.1 Å². The molecule has 0 radical (unpaired) electrons. The van der Waals surface area contributed by atoms with Gasteiger partial charge in [-0.2, -0.15) is 5.26 Å². The molecule has 0 aliphatic rings. The fourth-order valence-corrected chi connectivity index (χ4v) is 2.00. The highest BCUT2D eigenvalue weighted by molar-refractivity contribution is 5.69. The number of nitrogens with one attached hydrogen (secondary N) is 1. The quantitative estimate of drug-likeness (QED) is 0.895. The zero-order chi connectivity index (χ0) is 14.0. The van der Waals surface area contributed by atoms with Crippen LogP contribution in [-0.4, -0.2) is 12.1 Å². The number of nitriles is 1. The third-order valence-corrected chi connectivity index (χ3v) is 2.99. The van der Waals surface area contributed by atoms with Crippen LogP contribution in [0.2, 0.25) is 0 Å². The topological polar surface area (TPSA) is 65.9 Å². The summed E-state index contributed by atoms with van der Waals surface area (Å²) < 4.78 is 5.30. The predicted octanol–water partition coefficient (Wildman–Crippen LogP) is 2.54. The number of aryl methyl sites for hydroxylation is 2. The molecule has 1 aromatic heterocycles. The van der Waals surface area contributed by atoms with Gasteiger partial charge in [0.05, 0.1) is 12.8 Å². The third kappa shape index (κ3) is 2.36. The van der Waals surface area contributed by atoms with E-state index < -0.39 is 0 Å². The molecule has 0 aliphatic heterocycles. The van der Waals surface area contributed by atoms with Crippen molar-refractivity contribution in [3.8, 4) is 23.1 Å². The Morgan fingerprint density at radius 3 is 2.58 bits per heavy atom. The Bertz CT molecular complexity index is 724. The van der Waals surface area contributed by atoms with Crippen LogP contribution >= 0.6 is 0 Å². The van der Waals surface area contributed by atoms with Gasteiger partial charge in [-0.15, -0.1) is 0 Å². The SMILES string of the molecule is COc1ccc(C)cc1-c1cc(C)c(C#N)c(=O)[nH]1. The van der Waals surface area contributed by atoms with E-state index in [0.29, 0.717) is 17.0 Å². The van der Waals surface area contributed by atoms with Gasteiger partial charge in [0, 0.05) is 5.56 Å². The Balaban J connectivity index is 2.70. The van der Waals surface area contributed by atoms with Crippen LogP contribution in [0.3, 0.4) is 0 Å². The zero-order valence-electron chi connectivity index (χ0n) is 11.1. The lowest BCUT2D eigenvalue weighted by Gasteiger charge is -2.10. The zero-order valence-corrected chi connectivity index (χ0v) is 11.1. The maximum Gasteiger partial charge on any atom is 0.266 e. The second-order valence-corrected chi connectivity index (χ2v) is 4.39. The average molecular weight is 254 g/mol. The molecule has 1 aromatic carbocycles. The molecule has 0 atom stereocenters. The molecule has 0 unspecified atom stereocenters. The highest BCUT2D eigenvalue weighted by Crippen LogP contribution is 2.29. The number of H-pyrrole nitrogens is 1. The normalized spacial score (nSPS) is 10.0. The van der Waals surface area contributed by atoms with Crippen molar-refractivity contribution in [1.29, 1.82) is 5.26 Å². The molecular formula is C15H14N2O2. The maximum absolute atomic E-state index is 11.8. The van der Waals surface area contributed by atoms with Gasteiger partial charge in [0.15, 0.2) is 0 Å². The monoisotopic (exact) mass is 254 g/mol. The van der Waals surface area contributed by atoms with Gasteiger partial charge in [-0.25, -0.2) is 0 Å². The number of hydrogen-bond donors (Lipinski definition) is 1. The Kier molecular flexibility index (Phi) is 3.39. The van der Waals surface area contributed by atoms with Gasteiger partial charge in [-0.3, -0.25) is 4.79 Å². The first-order valence-electron chi connectivity index (χ1n) is 5.86. The molecule has 0 amide bonds. The number of pyridine rings is 1. The van der Waals surface area contributed by atoms with Crippen LogP contribution in [0, 0.1) is 25.2 Å². The van der Waals surface area contributed by atoms with E-state index in [9.17, 15) is 4.79 Å². The third-order valence-electron chi connectivity index (χ3n) is 2.99. The summed E-state index contributed by atoms with van der Waals surface area (Å²) in [6.07, 6.45) is 0. The molecule has 4 heteroatoms. The molecule has 1 N–H and O–H groups in total. The van der Waals surface area contributed by atoms with Gasteiger partial charge in [0.2, 0.25) is 0 Å². The Morgan fingerprint density at radius 1 is 1.26 bits per heavy atom. The number of aromatic amines is 1. The van der Waals surface area contributed by atoms with E-state index in [1.165, 1.54) is 0 Å². The van der Waals surface area contributed by atoms with E-state index >= 15 is 0 Å². The van der Waals surface area contributed by atoms with Crippen LogP contribution in [0.15, 0.2) is 29.1 Å². The number of benzene rings is 1. The summed E-state index contributed by atoms with van der Waals surface area (Å²) in [6.45, 7) is 3.72. The molecule has 0 spiro atoms. The van der Waals surface area contributed by atoms with E-state index in [2.05, 4.69) is 4.98 Å². The van der Waals surface area contributed by atoms with Crippen LogP contribution in [0.1, 0.15) is 16.7 Å². The van der Waals surface area contributed by atoms with E-state index in [1.54, 1.807) is 20.1 Å². The number of hydrogen-bond acceptors (Lipinski definition) is 3. The van der Waals surface area contributed by atoms with E-state index in [1.807, 2.05) is 31.2 Å². The number of rotatable bonds is 2. The van der Waals surface area contributed by atoms with Crippen molar-refractivity contribution in [1.82, 2.24) is 4.98 Å². The largest absolute Gasteiger partial charge is 0.496 e. The smallest absolute Gasteiger partial charge is 0.266 e. The molecule has 0 fully saturated rings. The Labute approximate surface area is 111 Å². The molecule has 19 heavy (non-hydrogen) atoms. The highest BCUT2D eigenvalue weighted by Gasteiger charge is 2.11. The van der Waals surface area contributed by atoms with Crippen LogP contribution < -0.4 is 10.3 Å². The van der Waals surface area contributed by atoms with Gasteiger partial charge in [0.25, 0.3) is 5.56 Å². The number of methoxy groups -OCH3 is 1. The van der Waals surface area contributed by atoms with Crippen molar-refractivity contribution in [3.05, 3.63) is 51.3 Å². The number of nitrogens with zero attached hydrogens (tertiary/aromatic N) is 1. The lowest BCUT2D eigenvalue weighted by Crippen LogP contribution is -2.13. The number of aromatic nitrogens is 1. The lowest BCUT2D eigenvalue weighted by atomic mass is 10.0. The molecule has 0 saturated carbocycles. The summed E-state index contributed by atoms with van der Waals surface area (Å²) in [7, 11) is 1.59. The minimum absolute atomic E-state index is 0.148. The summed E-state index contributed by atoms with van der Waals surface area (Å²) in [6, 6.07) is 9.44. The van der Waals surface area contributed by atoms with Crippen molar-refractivity contribution < 1.29 is 4.74 Å². The highest BCUT2D eigenvalue weighted by atomic mass is 16.5. The summed E-state index contributed by atoms with van der Waals surface area (Å²) in [5.74, 6) is 0.686. The lowest BCUT2D eigenvalue weighted by molar-refractivity contribution is 0.416. The van der Waals surface area contributed by atoms with Crippen LogP contribution in [0.5, 0.6) is 5.75 Å². The van der Waals surface area contributed by atoms with Gasteiger partial charge in [0.1, 0.15) is 17.4 Å². The van der Waals surface area contributed by atoms with Crippen LogP contribution in [0.25, 0.3) is 11.3 Å². The minimum Gasteiger partial charge on any atom is -0.496 e. The van der Waals surface area contributed by atoms with Gasteiger partial charge in [-0.05, 0) is 37.6 Å². The Hall–Kier alpha value is -2.54. The molecule has 1 heterocycles.